The SMILES string of the molecule is CC(CCc1ccccc1)(c1ccc(O)cc1)c1ccc(O)cc1.CCCC(c1ccccc1)(c1ccc(O)cc1)c1ccc(O)cc1. The minimum Gasteiger partial charge on any atom is -0.508 e. The number of benzene rings is 6. The average Bonchev–Trinajstić information content (AvgIpc) is 3.12. The highest BCUT2D eigenvalue weighted by atomic mass is 16.3. The van der Waals surface area contributed by atoms with Gasteiger partial charge in [-0.1, -0.05) is 129 Å². The number of phenolic OH excluding ortho intramolecular Hbond substituents is 4. The summed E-state index contributed by atoms with van der Waals surface area (Å²) >= 11 is 0. The molecule has 4 nitrogen and oxygen atoms in total. The summed E-state index contributed by atoms with van der Waals surface area (Å²) in [5, 5.41) is 38.6. The van der Waals surface area contributed by atoms with Crippen LogP contribution in [0.5, 0.6) is 23.0 Å². The summed E-state index contributed by atoms with van der Waals surface area (Å²) in [6.45, 7) is 4.40. The van der Waals surface area contributed by atoms with Gasteiger partial charge in [0.2, 0.25) is 0 Å². The molecule has 0 fully saturated rings. The van der Waals surface area contributed by atoms with E-state index in [0.29, 0.717) is 0 Å². The van der Waals surface area contributed by atoms with E-state index in [4.69, 9.17) is 0 Å². The maximum absolute atomic E-state index is 9.70. The molecule has 6 rings (SSSR count). The van der Waals surface area contributed by atoms with Gasteiger partial charge in [0.05, 0.1) is 0 Å². The van der Waals surface area contributed by atoms with Gasteiger partial charge in [0.25, 0.3) is 0 Å². The molecule has 4 heteroatoms. The first kappa shape index (κ1) is 33.9. The minimum absolute atomic E-state index is 0.197. The van der Waals surface area contributed by atoms with E-state index in [1.807, 2.05) is 60.7 Å². The summed E-state index contributed by atoms with van der Waals surface area (Å²) < 4.78 is 0. The Kier molecular flexibility index (Phi) is 10.9. The molecule has 48 heavy (non-hydrogen) atoms. The van der Waals surface area contributed by atoms with E-state index in [2.05, 4.69) is 62.4 Å². The summed E-state index contributed by atoms with van der Waals surface area (Å²) in [7, 11) is 0. The van der Waals surface area contributed by atoms with Crippen LogP contribution in [0.25, 0.3) is 0 Å². The molecule has 0 spiro atoms. The van der Waals surface area contributed by atoms with Gasteiger partial charge >= 0.3 is 0 Å². The number of aromatic hydroxyl groups is 4. The molecule has 0 saturated heterocycles. The van der Waals surface area contributed by atoms with E-state index in [0.717, 1.165) is 47.9 Å². The van der Waals surface area contributed by atoms with Gasteiger partial charge in [0.15, 0.2) is 0 Å². The highest BCUT2D eigenvalue weighted by Gasteiger charge is 2.35. The van der Waals surface area contributed by atoms with Crippen LogP contribution in [0.1, 0.15) is 66.5 Å². The van der Waals surface area contributed by atoms with Crippen molar-refractivity contribution in [3.63, 3.8) is 0 Å². The Hall–Kier alpha value is -5.48. The number of phenols is 4. The van der Waals surface area contributed by atoms with E-state index >= 15 is 0 Å². The lowest BCUT2D eigenvalue weighted by molar-refractivity contribution is 0.470. The van der Waals surface area contributed by atoms with E-state index in [-0.39, 0.29) is 33.8 Å². The summed E-state index contributed by atoms with van der Waals surface area (Å²) in [5.74, 6) is 1.08. The molecule has 0 aromatic heterocycles. The molecular weight excluding hydrogens is 592 g/mol. The lowest BCUT2D eigenvalue weighted by atomic mass is 9.67. The van der Waals surface area contributed by atoms with Crippen LogP contribution in [0.15, 0.2) is 158 Å². The molecule has 0 saturated carbocycles. The molecule has 244 valence electrons. The van der Waals surface area contributed by atoms with Crippen molar-refractivity contribution in [1.82, 2.24) is 0 Å². The molecule has 0 aliphatic heterocycles. The zero-order chi connectivity index (χ0) is 34.0. The quantitative estimate of drug-likeness (QED) is 0.113. The van der Waals surface area contributed by atoms with Crippen molar-refractivity contribution >= 4 is 0 Å². The lowest BCUT2D eigenvalue weighted by Gasteiger charge is -2.36. The maximum atomic E-state index is 9.70. The largest absolute Gasteiger partial charge is 0.508 e. The van der Waals surface area contributed by atoms with E-state index < -0.39 is 0 Å². The van der Waals surface area contributed by atoms with Crippen LogP contribution in [0, 0.1) is 0 Å². The first-order chi connectivity index (χ1) is 23.2. The van der Waals surface area contributed by atoms with Crippen LogP contribution in [-0.4, -0.2) is 20.4 Å². The first-order valence-corrected chi connectivity index (χ1v) is 16.5. The molecule has 0 atom stereocenters. The molecule has 0 heterocycles. The molecule has 0 aliphatic carbocycles. The van der Waals surface area contributed by atoms with Crippen LogP contribution in [0.3, 0.4) is 0 Å². The number of aryl methyl sites for hydroxylation is 1. The van der Waals surface area contributed by atoms with Crippen LogP contribution >= 0.6 is 0 Å². The Bertz CT molecular complexity index is 1740. The topological polar surface area (TPSA) is 80.9 Å². The molecular formula is C44H44O4. The van der Waals surface area contributed by atoms with Crippen molar-refractivity contribution in [1.29, 1.82) is 0 Å². The number of rotatable bonds is 10. The van der Waals surface area contributed by atoms with Gasteiger partial charge in [-0.2, -0.15) is 0 Å². The van der Waals surface area contributed by atoms with Crippen molar-refractivity contribution in [3.05, 3.63) is 191 Å². The fraction of sp³-hybridized carbons (Fsp3) is 0.182. The second-order valence-electron chi connectivity index (χ2n) is 12.5. The Morgan fingerprint density at radius 2 is 0.729 bits per heavy atom. The van der Waals surface area contributed by atoms with E-state index in [1.165, 1.54) is 11.1 Å². The summed E-state index contributed by atoms with van der Waals surface area (Å²) in [5.41, 5.74) is 6.60. The second-order valence-corrected chi connectivity index (χ2v) is 12.5. The van der Waals surface area contributed by atoms with E-state index in [9.17, 15) is 20.4 Å². The third kappa shape index (κ3) is 7.72. The monoisotopic (exact) mass is 636 g/mol. The lowest BCUT2D eigenvalue weighted by Crippen LogP contribution is -2.29. The number of hydrogen-bond acceptors (Lipinski definition) is 4. The average molecular weight is 637 g/mol. The van der Waals surface area contributed by atoms with Gasteiger partial charge in [-0.3, -0.25) is 0 Å². The standard InChI is InChI=1S/2C22H22O2/c1-22(18-7-11-20(23)12-8-18,19-9-13-21(24)14-10-19)16-15-17-5-3-2-4-6-17;1-2-16-22(17-6-4-3-5-7-17,18-8-12-20(23)13-9-18)19-10-14-21(24)15-11-19/h2-14,23-24H,15-16H2,1H3;3-15,23-24H,2,16H2,1H3. The van der Waals surface area contributed by atoms with Crippen molar-refractivity contribution in [2.45, 2.75) is 50.4 Å². The van der Waals surface area contributed by atoms with Crippen molar-refractivity contribution < 1.29 is 20.4 Å². The van der Waals surface area contributed by atoms with Crippen LogP contribution in [0.4, 0.5) is 0 Å². The molecule has 6 aromatic carbocycles. The smallest absolute Gasteiger partial charge is 0.115 e. The predicted molar refractivity (Wildman–Crippen MR) is 195 cm³/mol. The Morgan fingerprint density at radius 3 is 1.10 bits per heavy atom. The van der Waals surface area contributed by atoms with Gasteiger partial charge in [0.1, 0.15) is 23.0 Å². The molecule has 0 amide bonds. The Morgan fingerprint density at radius 1 is 0.396 bits per heavy atom. The normalized spacial score (nSPS) is 11.4. The molecule has 0 aliphatic rings. The minimum atomic E-state index is -0.308. The summed E-state index contributed by atoms with van der Waals surface area (Å²) in [6, 6.07) is 50.6. The molecule has 0 radical (unpaired) electrons. The van der Waals surface area contributed by atoms with Crippen molar-refractivity contribution in [2.75, 3.05) is 0 Å². The van der Waals surface area contributed by atoms with E-state index in [1.54, 1.807) is 48.5 Å². The van der Waals surface area contributed by atoms with Gasteiger partial charge in [-0.15, -0.1) is 0 Å². The molecule has 4 N–H and O–H groups in total. The summed E-state index contributed by atoms with van der Waals surface area (Å²) in [6.07, 6.45) is 3.84. The third-order valence-electron chi connectivity index (χ3n) is 9.38. The fourth-order valence-electron chi connectivity index (χ4n) is 6.68. The zero-order valence-corrected chi connectivity index (χ0v) is 27.6. The van der Waals surface area contributed by atoms with Crippen molar-refractivity contribution in [2.24, 2.45) is 0 Å². The Labute approximate surface area is 284 Å². The highest BCUT2D eigenvalue weighted by molar-refractivity contribution is 5.52. The maximum Gasteiger partial charge on any atom is 0.115 e. The van der Waals surface area contributed by atoms with Gasteiger partial charge in [-0.25, -0.2) is 0 Å². The van der Waals surface area contributed by atoms with Crippen molar-refractivity contribution in [3.8, 4) is 23.0 Å². The molecule has 6 aromatic rings. The zero-order valence-electron chi connectivity index (χ0n) is 27.6. The van der Waals surface area contributed by atoms with Gasteiger partial charge in [-0.05, 0) is 101 Å². The second kappa shape index (κ2) is 15.4. The molecule has 0 unspecified atom stereocenters. The first-order valence-electron chi connectivity index (χ1n) is 16.5. The van der Waals surface area contributed by atoms with Crippen LogP contribution < -0.4 is 0 Å². The van der Waals surface area contributed by atoms with Gasteiger partial charge < -0.3 is 20.4 Å². The summed E-state index contributed by atoms with van der Waals surface area (Å²) in [4.78, 5) is 0. The molecule has 0 bridgehead atoms. The number of hydrogen-bond donors (Lipinski definition) is 4. The fourth-order valence-corrected chi connectivity index (χ4v) is 6.68. The Balaban J connectivity index is 0.000000188. The van der Waals surface area contributed by atoms with Crippen LogP contribution in [-0.2, 0) is 17.3 Å². The van der Waals surface area contributed by atoms with Crippen LogP contribution in [0.2, 0.25) is 0 Å². The predicted octanol–water partition coefficient (Wildman–Crippen LogP) is 10.3. The third-order valence-corrected chi connectivity index (χ3v) is 9.38. The van der Waals surface area contributed by atoms with Gasteiger partial charge in [0, 0.05) is 10.8 Å². The highest BCUT2D eigenvalue weighted by Crippen LogP contribution is 2.44.